The maximum absolute atomic E-state index is 12.3. The summed E-state index contributed by atoms with van der Waals surface area (Å²) in [5.41, 5.74) is 1.07. The summed E-state index contributed by atoms with van der Waals surface area (Å²) >= 11 is 11.9. The third-order valence-electron chi connectivity index (χ3n) is 3.93. The predicted molar refractivity (Wildman–Crippen MR) is 97.0 cm³/mol. The number of para-hydroxylation sites is 1. The monoisotopic (exact) mass is 364 g/mol. The minimum absolute atomic E-state index is 0.0284. The molecule has 4 nitrogen and oxygen atoms in total. The van der Waals surface area contributed by atoms with Crippen molar-refractivity contribution in [3.63, 3.8) is 0 Å². The molecule has 1 amide bonds. The topological polar surface area (TPSA) is 41.6 Å². The van der Waals surface area contributed by atoms with Crippen LogP contribution in [0.4, 0.5) is 5.69 Å². The van der Waals surface area contributed by atoms with E-state index in [2.05, 4.69) is 5.32 Å². The summed E-state index contributed by atoms with van der Waals surface area (Å²) in [7, 11) is 0. The third kappa shape index (κ3) is 4.34. The van der Waals surface area contributed by atoms with Crippen molar-refractivity contribution < 1.29 is 9.53 Å². The van der Waals surface area contributed by atoms with Gasteiger partial charge in [0.25, 0.3) is 5.91 Å². The van der Waals surface area contributed by atoms with E-state index in [-0.39, 0.29) is 18.6 Å². The second kappa shape index (κ2) is 7.77. The van der Waals surface area contributed by atoms with Crippen molar-refractivity contribution in [1.29, 1.82) is 0 Å². The average molecular weight is 365 g/mol. The summed E-state index contributed by atoms with van der Waals surface area (Å²) in [4.78, 5) is 14.1. The Morgan fingerprint density at radius 1 is 1.21 bits per heavy atom. The van der Waals surface area contributed by atoms with Gasteiger partial charge < -0.3 is 15.0 Å². The van der Waals surface area contributed by atoms with Crippen LogP contribution < -0.4 is 10.1 Å². The van der Waals surface area contributed by atoms with E-state index in [1.165, 1.54) is 0 Å². The van der Waals surface area contributed by atoms with Crippen LogP contribution in [0.15, 0.2) is 48.5 Å². The molecule has 0 saturated carbocycles. The number of benzene rings is 2. The molecule has 1 N–H and O–H groups in total. The molecule has 0 aromatic heterocycles. The van der Waals surface area contributed by atoms with Crippen molar-refractivity contribution in [3.8, 4) is 5.75 Å². The molecule has 2 aromatic carbocycles. The number of hydrogen-bond acceptors (Lipinski definition) is 3. The number of hydrogen-bond donors (Lipinski definition) is 1. The fourth-order valence-electron chi connectivity index (χ4n) is 2.70. The van der Waals surface area contributed by atoms with E-state index >= 15 is 0 Å². The van der Waals surface area contributed by atoms with Gasteiger partial charge in [-0.25, -0.2) is 0 Å². The lowest BCUT2D eigenvalue weighted by molar-refractivity contribution is -0.132. The molecule has 1 saturated heterocycles. The largest absolute Gasteiger partial charge is 0.482 e. The van der Waals surface area contributed by atoms with Gasteiger partial charge in [-0.15, -0.1) is 0 Å². The Hall–Kier alpha value is -1.91. The average Bonchev–Trinajstić information content (AvgIpc) is 3.03. The minimum Gasteiger partial charge on any atom is -0.482 e. The highest BCUT2D eigenvalue weighted by Crippen LogP contribution is 2.27. The van der Waals surface area contributed by atoms with Crippen LogP contribution in [0.3, 0.4) is 0 Å². The maximum Gasteiger partial charge on any atom is 0.260 e. The van der Waals surface area contributed by atoms with E-state index in [1.807, 2.05) is 35.2 Å². The molecule has 1 aliphatic rings. The molecule has 0 spiro atoms. The van der Waals surface area contributed by atoms with Crippen molar-refractivity contribution in [2.45, 2.75) is 12.5 Å². The number of amides is 1. The second-order valence-electron chi connectivity index (χ2n) is 5.70. The number of ether oxygens (including phenoxy) is 1. The molecule has 126 valence electrons. The van der Waals surface area contributed by atoms with E-state index in [4.69, 9.17) is 27.9 Å². The van der Waals surface area contributed by atoms with Crippen molar-refractivity contribution >= 4 is 34.8 Å². The fourth-order valence-corrected chi connectivity index (χ4v) is 3.16. The Kier molecular flexibility index (Phi) is 5.48. The Labute approximate surface area is 151 Å². The first-order valence-corrected chi connectivity index (χ1v) is 8.54. The number of nitrogens with zero attached hydrogens (tertiary/aromatic N) is 1. The molecule has 2 aromatic rings. The molecular formula is C18H18Cl2N2O2. The van der Waals surface area contributed by atoms with E-state index in [0.29, 0.717) is 22.3 Å². The Bertz CT molecular complexity index is 709. The first kappa shape index (κ1) is 16.9. The van der Waals surface area contributed by atoms with Crippen molar-refractivity contribution in [2.75, 3.05) is 25.0 Å². The number of carbonyl (C=O) groups excluding carboxylic acids is 1. The molecule has 1 fully saturated rings. The number of rotatable bonds is 5. The van der Waals surface area contributed by atoms with Crippen molar-refractivity contribution in [3.05, 3.63) is 58.6 Å². The van der Waals surface area contributed by atoms with Crippen molar-refractivity contribution in [1.82, 2.24) is 4.90 Å². The summed E-state index contributed by atoms with van der Waals surface area (Å²) in [5, 5.41) is 4.38. The molecule has 6 heteroatoms. The van der Waals surface area contributed by atoms with E-state index < -0.39 is 0 Å². The van der Waals surface area contributed by atoms with E-state index in [9.17, 15) is 4.79 Å². The predicted octanol–water partition coefficient (Wildman–Crippen LogP) is 4.09. The van der Waals surface area contributed by atoms with Gasteiger partial charge in [0.15, 0.2) is 6.61 Å². The molecule has 24 heavy (non-hydrogen) atoms. The first-order valence-electron chi connectivity index (χ1n) is 7.79. The van der Waals surface area contributed by atoms with Gasteiger partial charge in [0, 0.05) is 29.8 Å². The van der Waals surface area contributed by atoms with E-state index in [1.54, 1.807) is 18.2 Å². The van der Waals surface area contributed by atoms with Gasteiger partial charge in [0.2, 0.25) is 0 Å². The number of carbonyl (C=O) groups is 1. The van der Waals surface area contributed by atoms with Gasteiger partial charge >= 0.3 is 0 Å². The Morgan fingerprint density at radius 2 is 2.00 bits per heavy atom. The molecule has 0 bridgehead atoms. The summed E-state index contributed by atoms with van der Waals surface area (Å²) < 4.78 is 5.52. The van der Waals surface area contributed by atoms with Crippen LogP contribution >= 0.6 is 23.2 Å². The first-order chi connectivity index (χ1) is 11.6. The van der Waals surface area contributed by atoms with Gasteiger partial charge in [-0.1, -0.05) is 41.4 Å². The van der Waals surface area contributed by atoms with Gasteiger partial charge in [-0.2, -0.15) is 0 Å². The highest BCUT2D eigenvalue weighted by Gasteiger charge is 2.26. The van der Waals surface area contributed by atoms with Crippen LogP contribution in [0.25, 0.3) is 0 Å². The Balaban J connectivity index is 1.49. The van der Waals surface area contributed by atoms with Crippen LogP contribution in [0, 0.1) is 0 Å². The normalized spacial score (nSPS) is 16.9. The van der Waals surface area contributed by atoms with Crippen LogP contribution in [-0.2, 0) is 4.79 Å². The lowest BCUT2D eigenvalue weighted by atomic mass is 10.2. The maximum atomic E-state index is 12.3. The summed E-state index contributed by atoms with van der Waals surface area (Å²) in [6.45, 7) is 1.37. The van der Waals surface area contributed by atoms with Gasteiger partial charge in [-0.3, -0.25) is 4.79 Å². The second-order valence-corrected chi connectivity index (χ2v) is 6.54. The summed E-state index contributed by atoms with van der Waals surface area (Å²) in [6, 6.07) is 15.2. The van der Waals surface area contributed by atoms with E-state index in [0.717, 1.165) is 18.7 Å². The van der Waals surface area contributed by atoms with Gasteiger partial charge in [0.1, 0.15) is 5.75 Å². The van der Waals surface area contributed by atoms with Crippen LogP contribution in [0.2, 0.25) is 10.0 Å². The molecule has 3 rings (SSSR count). The van der Waals surface area contributed by atoms with Gasteiger partial charge in [-0.05, 0) is 36.8 Å². The number of likely N-dealkylation sites (tertiary alicyclic amines) is 1. The Morgan fingerprint density at radius 3 is 2.75 bits per heavy atom. The smallest absolute Gasteiger partial charge is 0.260 e. The van der Waals surface area contributed by atoms with Gasteiger partial charge in [0.05, 0.1) is 5.02 Å². The molecule has 1 unspecified atom stereocenters. The number of anilines is 1. The lowest BCUT2D eigenvalue weighted by Gasteiger charge is -2.18. The zero-order valence-corrected chi connectivity index (χ0v) is 14.6. The molecule has 0 radical (unpaired) electrons. The molecule has 0 aliphatic carbocycles. The highest BCUT2D eigenvalue weighted by atomic mass is 35.5. The molecule has 1 heterocycles. The summed E-state index contributed by atoms with van der Waals surface area (Å²) in [5.74, 6) is 0.422. The SMILES string of the molecule is O=C(COc1ccc(Cl)cc1Cl)N1CCC(Nc2ccccc2)C1. The number of halogens is 2. The summed E-state index contributed by atoms with van der Waals surface area (Å²) in [6.07, 6.45) is 0.919. The lowest BCUT2D eigenvalue weighted by Crippen LogP contribution is -2.35. The minimum atomic E-state index is -0.0432. The standard InChI is InChI=1S/C18H18Cl2N2O2/c19-13-6-7-17(16(20)10-13)24-12-18(23)22-9-8-15(11-22)21-14-4-2-1-3-5-14/h1-7,10,15,21H,8-9,11-12H2. The van der Waals surface area contributed by atoms with Crippen molar-refractivity contribution in [2.24, 2.45) is 0 Å². The fraction of sp³-hybridized carbons (Fsp3) is 0.278. The highest BCUT2D eigenvalue weighted by molar-refractivity contribution is 6.35. The third-order valence-corrected chi connectivity index (χ3v) is 4.46. The zero-order chi connectivity index (χ0) is 16.9. The zero-order valence-electron chi connectivity index (χ0n) is 13.0. The quantitative estimate of drug-likeness (QED) is 0.868. The number of nitrogens with one attached hydrogen (secondary N) is 1. The van der Waals surface area contributed by atoms with Crippen LogP contribution in [-0.4, -0.2) is 36.5 Å². The van der Waals surface area contributed by atoms with Crippen LogP contribution in [0.5, 0.6) is 5.75 Å². The molecular weight excluding hydrogens is 347 g/mol. The molecule has 1 aliphatic heterocycles. The van der Waals surface area contributed by atoms with Crippen LogP contribution in [0.1, 0.15) is 6.42 Å². The molecule has 1 atom stereocenters.